The van der Waals surface area contributed by atoms with Gasteiger partial charge in [0, 0.05) is 24.0 Å². The van der Waals surface area contributed by atoms with Gasteiger partial charge in [0.2, 0.25) is 5.88 Å². The zero-order chi connectivity index (χ0) is 19.7. The fourth-order valence-electron chi connectivity index (χ4n) is 2.95. The number of phenols is 1. The number of ether oxygens (including phenoxy) is 1. The van der Waals surface area contributed by atoms with E-state index in [2.05, 4.69) is 21.0 Å². The van der Waals surface area contributed by atoms with E-state index < -0.39 is 0 Å². The van der Waals surface area contributed by atoms with E-state index in [1.165, 1.54) is 6.20 Å². The molecule has 0 atom stereocenters. The number of nitrogen functional groups attached to an aromatic ring is 1. The van der Waals surface area contributed by atoms with Gasteiger partial charge in [0.15, 0.2) is 5.65 Å². The number of fused-ring (bicyclic) bond motifs is 1. The molecular weight excluding hydrogens is 356 g/mol. The number of hydrogen-bond acceptors (Lipinski definition) is 7. The summed E-state index contributed by atoms with van der Waals surface area (Å²) in [5.74, 6) is 0.574. The molecule has 3 heterocycles. The molecule has 0 aliphatic heterocycles. The van der Waals surface area contributed by atoms with Crippen molar-refractivity contribution in [3.8, 4) is 23.4 Å². The molecule has 0 spiro atoms. The third-order valence-corrected chi connectivity index (χ3v) is 4.33. The standard InChI is InChI=1S/C20H16N6O2/c1-12-4-5-14(27)7-16(12)26-19(22)15(8-21)18-20(26)25-17(10-24-18)28-11-13-3-2-6-23-9-13/h2-7,9-10,27H,11,22H2,1H3. The smallest absolute Gasteiger partial charge is 0.234 e. The van der Waals surface area contributed by atoms with Crippen LogP contribution in [0.25, 0.3) is 16.9 Å². The Morgan fingerprint density at radius 2 is 2.14 bits per heavy atom. The van der Waals surface area contributed by atoms with Crippen molar-refractivity contribution in [1.82, 2.24) is 19.5 Å². The number of nitrogens with zero attached hydrogens (tertiary/aromatic N) is 5. The van der Waals surface area contributed by atoms with Crippen LogP contribution < -0.4 is 10.5 Å². The third kappa shape index (κ3) is 2.95. The van der Waals surface area contributed by atoms with Crippen LogP contribution in [-0.2, 0) is 6.61 Å². The van der Waals surface area contributed by atoms with Gasteiger partial charge in [-0.1, -0.05) is 12.1 Å². The summed E-state index contributed by atoms with van der Waals surface area (Å²) < 4.78 is 7.33. The van der Waals surface area contributed by atoms with Crippen molar-refractivity contribution in [2.45, 2.75) is 13.5 Å². The second-order valence-electron chi connectivity index (χ2n) is 6.21. The maximum absolute atomic E-state index is 9.90. The maximum atomic E-state index is 9.90. The SMILES string of the molecule is Cc1ccc(O)cc1-n1c(N)c(C#N)c2ncc(OCc3cccnc3)nc21. The van der Waals surface area contributed by atoms with E-state index in [4.69, 9.17) is 10.5 Å². The topological polar surface area (TPSA) is 123 Å². The molecule has 8 heteroatoms. The van der Waals surface area contributed by atoms with Crippen LogP contribution in [-0.4, -0.2) is 24.6 Å². The summed E-state index contributed by atoms with van der Waals surface area (Å²) >= 11 is 0. The molecule has 8 nitrogen and oxygen atoms in total. The molecule has 0 fully saturated rings. The van der Waals surface area contributed by atoms with Gasteiger partial charge >= 0.3 is 0 Å². The highest BCUT2D eigenvalue weighted by atomic mass is 16.5. The average Bonchev–Trinajstić information content (AvgIpc) is 2.99. The van der Waals surface area contributed by atoms with Gasteiger partial charge in [0.1, 0.15) is 35.3 Å². The van der Waals surface area contributed by atoms with Crippen molar-refractivity contribution in [2.24, 2.45) is 0 Å². The van der Waals surface area contributed by atoms with Crippen LogP contribution in [0, 0.1) is 18.3 Å². The molecule has 0 unspecified atom stereocenters. The summed E-state index contributed by atoms with van der Waals surface area (Å²) in [6.45, 7) is 2.16. The predicted molar refractivity (Wildman–Crippen MR) is 103 cm³/mol. The highest BCUT2D eigenvalue weighted by molar-refractivity contribution is 5.88. The molecule has 3 aromatic heterocycles. The number of phenolic OH excluding ortho intramolecular Hbond substituents is 1. The average molecular weight is 372 g/mol. The number of aromatic hydroxyl groups is 1. The first-order valence-electron chi connectivity index (χ1n) is 8.47. The van der Waals surface area contributed by atoms with Crippen molar-refractivity contribution in [1.29, 1.82) is 5.26 Å². The van der Waals surface area contributed by atoms with E-state index >= 15 is 0 Å². The summed E-state index contributed by atoms with van der Waals surface area (Å²) in [6.07, 6.45) is 4.85. The van der Waals surface area contributed by atoms with Crippen molar-refractivity contribution in [2.75, 3.05) is 5.73 Å². The molecule has 0 saturated heterocycles. The number of aryl methyl sites for hydroxylation is 1. The van der Waals surface area contributed by atoms with E-state index in [9.17, 15) is 10.4 Å². The van der Waals surface area contributed by atoms with Crippen molar-refractivity contribution in [3.05, 3.63) is 65.6 Å². The Morgan fingerprint density at radius 1 is 1.29 bits per heavy atom. The predicted octanol–water partition coefficient (Wildman–Crippen LogP) is 2.86. The Labute approximate surface area is 160 Å². The lowest BCUT2D eigenvalue weighted by Crippen LogP contribution is -2.04. The van der Waals surface area contributed by atoms with Crippen LogP contribution in [0.3, 0.4) is 0 Å². The molecule has 0 aliphatic rings. The van der Waals surface area contributed by atoms with Crippen LogP contribution in [0.15, 0.2) is 48.9 Å². The van der Waals surface area contributed by atoms with Crippen LogP contribution in [0.4, 0.5) is 5.82 Å². The molecular formula is C20H16N6O2. The van der Waals surface area contributed by atoms with Gasteiger partial charge in [-0.05, 0) is 24.6 Å². The Morgan fingerprint density at radius 3 is 2.89 bits per heavy atom. The number of anilines is 1. The summed E-state index contributed by atoms with van der Waals surface area (Å²) in [5, 5.41) is 19.4. The van der Waals surface area contributed by atoms with Crippen LogP contribution >= 0.6 is 0 Å². The molecule has 138 valence electrons. The third-order valence-electron chi connectivity index (χ3n) is 4.33. The van der Waals surface area contributed by atoms with Crippen LogP contribution in [0.5, 0.6) is 11.6 Å². The molecule has 0 saturated carbocycles. The summed E-state index contributed by atoms with van der Waals surface area (Å²) in [6, 6.07) is 10.7. The fraction of sp³-hybridized carbons (Fsp3) is 0.100. The quantitative estimate of drug-likeness (QED) is 0.564. The number of rotatable bonds is 4. The zero-order valence-corrected chi connectivity index (χ0v) is 15.0. The minimum Gasteiger partial charge on any atom is -0.508 e. The Kier molecular flexibility index (Phi) is 4.26. The fourth-order valence-corrected chi connectivity index (χ4v) is 2.95. The minimum atomic E-state index is 0.0808. The first-order valence-corrected chi connectivity index (χ1v) is 8.47. The van der Waals surface area contributed by atoms with Crippen molar-refractivity contribution >= 4 is 17.0 Å². The van der Waals surface area contributed by atoms with Gasteiger partial charge in [-0.25, -0.2) is 4.98 Å². The highest BCUT2D eigenvalue weighted by Gasteiger charge is 2.21. The second kappa shape index (κ2) is 6.89. The van der Waals surface area contributed by atoms with E-state index in [0.717, 1.165) is 11.1 Å². The zero-order valence-electron chi connectivity index (χ0n) is 15.0. The van der Waals surface area contributed by atoms with Crippen LogP contribution in [0.1, 0.15) is 16.7 Å². The Balaban J connectivity index is 1.83. The number of hydrogen-bond donors (Lipinski definition) is 2. The van der Waals surface area contributed by atoms with E-state index in [1.807, 2.05) is 19.1 Å². The molecule has 1 aromatic carbocycles. The van der Waals surface area contributed by atoms with Crippen molar-refractivity contribution < 1.29 is 9.84 Å². The molecule has 0 bridgehead atoms. The van der Waals surface area contributed by atoms with E-state index in [-0.39, 0.29) is 29.6 Å². The molecule has 0 radical (unpaired) electrons. The van der Waals surface area contributed by atoms with Gasteiger partial charge in [0.25, 0.3) is 0 Å². The highest BCUT2D eigenvalue weighted by Crippen LogP contribution is 2.32. The van der Waals surface area contributed by atoms with E-state index in [0.29, 0.717) is 16.9 Å². The lowest BCUT2D eigenvalue weighted by molar-refractivity contribution is 0.293. The summed E-state index contributed by atoms with van der Waals surface area (Å²) in [7, 11) is 0. The molecule has 0 aliphatic carbocycles. The van der Waals surface area contributed by atoms with Gasteiger partial charge in [-0.15, -0.1) is 0 Å². The minimum absolute atomic E-state index is 0.0808. The number of aromatic nitrogens is 4. The van der Waals surface area contributed by atoms with E-state index in [1.54, 1.807) is 35.2 Å². The first kappa shape index (κ1) is 17.3. The Hall–Kier alpha value is -4.12. The Bertz CT molecular complexity index is 1210. The molecule has 3 N–H and O–H groups in total. The monoisotopic (exact) mass is 372 g/mol. The van der Waals surface area contributed by atoms with Crippen LogP contribution in [0.2, 0.25) is 0 Å². The number of benzene rings is 1. The number of pyridine rings is 1. The van der Waals surface area contributed by atoms with Gasteiger partial charge in [-0.2, -0.15) is 10.2 Å². The molecule has 0 amide bonds. The van der Waals surface area contributed by atoms with Crippen molar-refractivity contribution in [3.63, 3.8) is 0 Å². The number of nitrogens with two attached hydrogens (primary N) is 1. The largest absolute Gasteiger partial charge is 0.508 e. The second-order valence-corrected chi connectivity index (χ2v) is 6.21. The van der Waals surface area contributed by atoms with Gasteiger partial charge in [-0.3, -0.25) is 9.55 Å². The lowest BCUT2D eigenvalue weighted by atomic mass is 10.2. The van der Waals surface area contributed by atoms with Gasteiger partial charge in [0.05, 0.1) is 11.9 Å². The lowest BCUT2D eigenvalue weighted by Gasteiger charge is -2.11. The maximum Gasteiger partial charge on any atom is 0.234 e. The first-order chi connectivity index (χ1) is 13.6. The molecule has 4 aromatic rings. The van der Waals surface area contributed by atoms with Gasteiger partial charge < -0.3 is 15.6 Å². The molecule has 28 heavy (non-hydrogen) atoms. The summed E-state index contributed by atoms with van der Waals surface area (Å²) in [5.41, 5.74) is 9.56. The summed E-state index contributed by atoms with van der Waals surface area (Å²) in [4.78, 5) is 12.9. The number of nitriles is 1. The molecule has 4 rings (SSSR count). The normalized spacial score (nSPS) is 10.7.